The van der Waals surface area contributed by atoms with Gasteiger partial charge in [-0.3, -0.25) is 0 Å². The Labute approximate surface area is 64.3 Å². The van der Waals surface area contributed by atoms with E-state index in [9.17, 15) is 8.42 Å². The number of nitrogens with zero attached hydrogens (tertiary/aromatic N) is 2. The standard InChI is InChI=1S/C5H8N2O3S/c1-2-11(8,9)3-5-6-4-10-7-5/h4H,2-3H2,1H3. The summed E-state index contributed by atoms with van der Waals surface area (Å²) in [6.45, 7) is 1.58. The van der Waals surface area contributed by atoms with Crippen molar-refractivity contribution in [1.29, 1.82) is 0 Å². The molecular weight excluding hydrogens is 168 g/mol. The van der Waals surface area contributed by atoms with Gasteiger partial charge in [0.2, 0.25) is 6.39 Å². The van der Waals surface area contributed by atoms with Gasteiger partial charge in [-0.1, -0.05) is 12.1 Å². The first kappa shape index (κ1) is 8.19. The molecular formula is C5H8N2O3S. The van der Waals surface area contributed by atoms with E-state index < -0.39 is 9.84 Å². The van der Waals surface area contributed by atoms with Crippen molar-refractivity contribution in [2.24, 2.45) is 0 Å². The van der Waals surface area contributed by atoms with Crippen molar-refractivity contribution in [3.05, 3.63) is 12.2 Å². The second kappa shape index (κ2) is 3.00. The van der Waals surface area contributed by atoms with Gasteiger partial charge in [-0.05, 0) is 0 Å². The lowest BCUT2D eigenvalue weighted by Gasteiger charge is -1.93. The number of rotatable bonds is 3. The molecule has 11 heavy (non-hydrogen) atoms. The molecule has 0 aliphatic carbocycles. The molecule has 1 aromatic rings. The van der Waals surface area contributed by atoms with Crippen molar-refractivity contribution in [3.63, 3.8) is 0 Å². The Morgan fingerprint density at radius 2 is 2.36 bits per heavy atom. The van der Waals surface area contributed by atoms with E-state index in [4.69, 9.17) is 0 Å². The maximum Gasteiger partial charge on any atom is 0.213 e. The van der Waals surface area contributed by atoms with Crippen LogP contribution in [0.4, 0.5) is 0 Å². The molecule has 0 atom stereocenters. The Kier molecular flexibility index (Phi) is 2.23. The van der Waals surface area contributed by atoms with E-state index in [1.165, 1.54) is 0 Å². The van der Waals surface area contributed by atoms with Crippen LogP contribution in [0.15, 0.2) is 10.9 Å². The van der Waals surface area contributed by atoms with Gasteiger partial charge in [0.05, 0.1) is 0 Å². The fraction of sp³-hybridized carbons (Fsp3) is 0.600. The van der Waals surface area contributed by atoms with Gasteiger partial charge in [-0.15, -0.1) is 0 Å². The summed E-state index contributed by atoms with van der Waals surface area (Å²) in [6.07, 6.45) is 1.11. The van der Waals surface area contributed by atoms with Crippen LogP contribution in [-0.4, -0.2) is 24.3 Å². The summed E-state index contributed by atoms with van der Waals surface area (Å²) in [6, 6.07) is 0. The van der Waals surface area contributed by atoms with Crippen LogP contribution in [0, 0.1) is 0 Å². The minimum absolute atomic E-state index is 0.0987. The summed E-state index contributed by atoms with van der Waals surface area (Å²) in [5.74, 6) is 0.175. The Bertz CT molecular complexity index is 302. The topological polar surface area (TPSA) is 73.1 Å². The molecule has 0 saturated carbocycles. The fourth-order valence-electron chi connectivity index (χ4n) is 0.555. The summed E-state index contributed by atoms with van der Waals surface area (Å²) in [5.41, 5.74) is 0. The van der Waals surface area contributed by atoms with Gasteiger partial charge in [0.15, 0.2) is 15.7 Å². The Morgan fingerprint density at radius 1 is 1.64 bits per heavy atom. The first-order chi connectivity index (χ1) is 5.14. The van der Waals surface area contributed by atoms with Crippen LogP contribution >= 0.6 is 0 Å². The first-order valence-corrected chi connectivity index (χ1v) is 4.92. The lowest BCUT2D eigenvalue weighted by Crippen LogP contribution is -2.07. The predicted octanol–water partition coefficient (Wildman–Crippen LogP) is 0.00430. The summed E-state index contributed by atoms with van der Waals surface area (Å²) < 4.78 is 26.3. The molecule has 0 saturated heterocycles. The largest absolute Gasteiger partial charge is 0.343 e. The molecule has 1 heterocycles. The smallest absolute Gasteiger partial charge is 0.213 e. The molecule has 0 unspecified atom stereocenters. The highest BCUT2D eigenvalue weighted by molar-refractivity contribution is 7.90. The van der Waals surface area contributed by atoms with Crippen LogP contribution in [0.2, 0.25) is 0 Å². The molecule has 62 valence electrons. The van der Waals surface area contributed by atoms with E-state index in [2.05, 4.69) is 14.7 Å². The zero-order chi connectivity index (χ0) is 8.32. The van der Waals surface area contributed by atoms with Crippen LogP contribution in [-0.2, 0) is 15.6 Å². The Morgan fingerprint density at radius 3 is 2.82 bits per heavy atom. The van der Waals surface area contributed by atoms with Gasteiger partial charge >= 0.3 is 0 Å². The van der Waals surface area contributed by atoms with Crippen LogP contribution in [0.3, 0.4) is 0 Å². The zero-order valence-corrected chi connectivity index (χ0v) is 6.84. The van der Waals surface area contributed by atoms with Gasteiger partial charge in [-0.2, -0.15) is 4.98 Å². The quantitative estimate of drug-likeness (QED) is 0.648. The van der Waals surface area contributed by atoms with Gasteiger partial charge in [0, 0.05) is 5.75 Å². The van der Waals surface area contributed by atoms with Gasteiger partial charge in [0.25, 0.3) is 0 Å². The van der Waals surface area contributed by atoms with Crippen LogP contribution in [0.1, 0.15) is 12.7 Å². The van der Waals surface area contributed by atoms with Crippen LogP contribution in [0.5, 0.6) is 0 Å². The summed E-state index contributed by atoms with van der Waals surface area (Å²) in [7, 11) is -3.03. The van der Waals surface area contributed by atoms with E-state index in [0.29, 0.717) is 0 Å². The Hall–Kier alpha value is -0.910. The molecule has 1 rings (SSSR count). The molecule has 0 aromatic carbocycles. The third-order valence-corrected chi connectivity index (χ3v) is 2.77. The maximum atomic E-state index is 10.9. The number of sulfone groups is 1. The summed E-state index contributed by atoms with van der Waals surface area (Å²) in [4.78, 5) is 3.59. The van der Waals surface area contributed by atoms with Crippen molar-refractivity contribution in [3.8, 4) is 0 Å². The second-order valence-electron chi connectivity index (χ2n) is 2.02. The molecule has 0 amide bonds. The zero-order valence-electron chi connectivity index (χ0n) is 6.02. The third-order valence-electron chi connectivity index (χ3n) is 1.20. The van der Waals surface area contributed by atoms with E-state index in [1.54, 1.807) is 6.92 Å². The highest BCUT2D eigenvalue weighted by Gasteiger charge is 2.11. The van der Waals surface area contributed by atoms with E-state index in [-0.39, 0.29) is 17.3 Å². The molecule has 0 spiro atoms. The minimum atomic E-state index is -3.03. The number of aromatic nitrogens is 2. The predicted molar refractivity (Wildman–Crippen MR) is 37.5 cm³/mol. The van der Waals surface area contributed by atoms with Crippen LogP contribution < -0.4 is 0 Å². The van der Waals surface area contributed by atoms with Crippen molar-refractivity contribution >= 4 is 9.84 Å². The average molecular weight is 176 g/mol. The van der Waals surface area contributed by atoms with Crippen molar-refractivity contribution in [2.45, 2.75) is 12.7 Å². The van der Waals surface area contributed by atoms with Gasteiger partial charge < -0.3 is 4.52 Å². The van der Waals surface area contributed by atoms with Crippen molar-refractivity contribution in [1.82, 2.24) is 10.1 Å². The molecule has 0 radical (unpaired) electrons. The number of hydrogen-bond acceptors (Lipinski definition) is 5. The molecule has 6 heteroatoms. The summed E-state index contributed by atoms with van der Waals surface area (Å²) in [5, 5.41) is 3.38. The molecule has 1 aromatic heterocycles. The molecule has 0 aliphatic heterocycles. The molecule has 5 nitrogen and oxygen atoms in total. The maximum absolute atomic E-state index is 10.9. The van der Waals surface area contributed by atoms with Crippen molar-refractivity contribution < 1.29 is 12.9 Å². The summed E-state index contributed by atoms with van der Waals surface area (Å²) >= 11 is 0. The van der Waals surface area contributed by atoms with E-state index >= 15 is 0 Å². The number of hydrogen-bond donors (Lipinski definition) is 0. The first-order valence-electron chi connectivity index (χ1n) is 3.10. The normalized spacial score (nSPS) is 11.7. The van der Waals surface area contributed by atoms with E-state index in [1.807, 2.05) is 0 Å². The lowest BCUT2D eigenvalue weighted by atomic mass is 10.7. The monoisotopic (exact) mass is 176 g/mol. The average Bonchev–Trinajstić information content (AvgIpc) is 2.39. The Balaban J connectivity index is 2.72. The van der Waals surface area contributed by atoms with Gasteiger partial charge in [-0.25, -0.2) is 8.42 Å². The highest BCUT2D eigenvalue weighted by atomic mass is 32.2. The molecule has 0 N–H and O–H groups in total. The highest BCUT2D eigenvalue weighted by Crippen LogP contribution is 1.99. The van der Waals surface area contributed by atoms with Crippen LogP contribution in [0.25, 0.3) is 0 Å². The molecule has 0 aliphatic rings. The lowest BCUT2D eigenvalue weighted by molar-refractivity contribution is 0.411. The third kappa shape index (κ3) is 2.30. The molecule has 0 fully saturated rings. The second-order valence-corrected chi connectivity index (χ2v) is 4.38. The minimum Gasteiger partial charge on any atom is -0.343 e. The van der Waals surface area contributed by atoms with E-state index in [0.717, 1.165) is 6.39 Å². The fourth-order valence-corrected chi connectivity index (χ4v) is 1.28. The van der Waals surface area contributed by atoms with Crippen molar-refractivity contribution in [2.75, 3.05) is 5.75 Å². The van der Waals surface area contributed by atoms with Gasteiger partial charge in [0.1, 0.15) is 5.75 Å². The molecule has 0 bridgehead atoms. The SMILES string of the molecule is CCS(=O)(=O)Cc1ncon1.